The zero-order chi connectivity index (χ0) is 11.4. The van der Waals surface area contributed by atoms with Crippen molar-refractivity contribution in [2.75, 3.05) is 24.7 Å². The summed E-state index contributed by atoms with van der Waals surface area (Å²) in [7, 11) is 0. The predicted octanol–water partition coefficient (Wildman–Crippen LogP) is 2.68. The monoisotopic (exact) mass is 243 g/mol. The van der Waals surface area contributed by atoms with Gasteiger partial charge in [0.05, 0.1) is 6.10 Å². The van der Waals surface area contributed by atoms with Crippen molar-refractivity contribution in [3.05, 3.63) is 0 Å². The molecule has 0 bridgehead atoms. The fourth-order valence-corrected chi connectivity index (χ4v) is 4.16. The number of rotatable bonds is 3. The molecule has 0 amide bonds. The zero-order valence-electron chi connectivity index (χ0n) is 10.6. The minimum Gasteiger partial charge on any atom is -0.377 e. The minimum atomic E-state index is 0.458. The number of hydrogen-bond donors (Lipinski definition) is 1. The van der Waals surface area contributed by atoms with Crippen LogP contribution in [0.4, 0.5) is 0 Å². The van der Waals surface area contributed by atoms with Crippen LogP contribution in [-0.2, 0) is 4.74 Å². The Hall–Kier alpha value is 0.270. The van der Waals surface area contributed by atoms with E-state index in [1.807, 2.05) is 0 Å². The number of ether oxygens (including phenoxy) is 1. The molecule has 2 aliphatic heterocycles. The lowest BCUT2D eigenvalue weighted by atomic mass is 9.82. The lowest BCUT2D eigenvalue weighted by Crippen LogP contribution is -2.49. The quantitative estimate of drug-likeness (QED) is 0.823. The van der Waals surface area contributed by atoms with Gasteiger partial charge in [-0.25, -0.2) is 0 Å². The molecule has 0 saturated carbocycles. The lowest BCUT2D eigenvalue weighted by molar-refractivity contribution is 0.0130. The van der Waals surface area contributed by atoms with Crippen molar-refractivity contribution in [2.45, 2.75) is 51.7 Å². The summed E-state index contributed by atoms with van der Waals surface area (Å²) in [6, 6.07) is 0.664. The van der Waals surface area contributed by atoms with E-state index in [0.717, 1.165) is 13.2 Å². The Balaban J connectivity index is 1.75. The van der Waals surface area contributed by atoms with Crippen molar-refractivity contribution < 1.29 is 4.74 Å². The highest BCUT2D eigenvalue weighted by Gasteiger charge is 2.32. The maximum Gasteiger partial charge on any atom is 0.0699 e. The van der Waals surface area contributed by atoms with Crippen LogP contribution in [0.1, 0.15) is 39.5 Å². The third kappa shape index (κ3) is 3.38. The summed E-state index contributed by atoms with van der Waals surface area (Å²) < 4.78 is 5.77. The van der Waals surface area contributed by atoms with Crippen LogP contribution < -0.4 is 5.32 Å². The van der Waals surface area contributed by atoms with E-state index >= 15 is 0 Å². The average Bonchev–Trinajstić information content (AvgIpc) is 2.28. The van der Waals surface area contributed by atoms with E-state index in [4.69, 9.17) is 4.74 Å². The molecule has 16 heavy (non-hydrogen) atoms. The molecule has 0 aromatic heterocycles. The fourth-order valence-electron chi connectivity index (χ4n) is 2.51. The second-order valence-electron chi connectivity index (χ2n) is 5.76. The van der Waals surface area contributed by atoms with Gasteiger partial charge in [0, 0.05) is 24.9 Å². The topological polar surface area (TPSA) is 21.3 Å². The zero-order valence-corrected chi connectivity index (χ0v) is 11.4. The van der Waals surface area contributed by atoms with E-state index in [9.17, 15) is 0 Å². The van der Waals surface area contributed by atoms with Crippen LogP contribution in [0.15, 0.2) is 0 Å². The summed E-state index contributed by atoms with van der Waals surface area (Å²) in [5.74, 6) is 2.59. The normalized spacial score (nSPS) is 34.9. The molecule has 2 aliphatic rings. The van der Waals surface area contributed by atoms with Gasteiger partial charge < -0.3 is 10.1 Å². The van der Waals surface area contributed by atoms with Crippen LogP contribution in [-0.4, -0.2) is 36.8 Å². The average molecular weight is 243 g/mol. The highest BCUT2D eigenvalue weighted by atomic mass is 32.2. The highest BCUT2D eigenvalue weighted by molar-refractivity contribution is 7.99. The van der Waals surface area contributed by atoms with Gasteiger partial charge in [-0.2, -0.15) is 11.8 Å². The van der Waals surface area contributed by atoms with Gasteiger partial charge >= 0.3 is 0 Å². The summed E-state index contributed by atoms with van der Waals surface area (Å²) in [4.78, 5) is 0. The van der Waals surface area contributed by atoms with Crippen LogP contribution >= 0.6 is 11.8 Å². The van der Waals surface area contributed by atoms with Crippen molar-refractivity contribution in [1.82, 2.24) is 5.32 Å². The lowest BCUT2D eigenvalue weighted by Gasteiger charge is -2.39. The smallest absolute Gasteiger partial charge is 0.0699 e. The van der Waals surface area contributed by atoms with Gasteiger partial charge in [0.2, 0.25) is 0 Å². The Morgan fingerprint density at radius 3 is 2.94 bits per heavy atom. The Labute approximate surface area is 104 Å². The molecule has 2 saturated heterocycles. The highest BCUT2D eigenvalue weighted by Crippen LogP contribution is 2.34. The molecule has 0 aliphatic carbocycles. The van der Waals surface area contributed by atoms with Crippen LogP contribution in [0.5, 0.6) is 0 Å². The third-order valence-corrected chi connectivity index (χ3v) is 5.05. The first-order valence-electron chi connectivity index (χ1n) is 6.61. The largest absolute Gasteiger partial charge is 0.377 e. The molecule has 2 nitrogen and oxygen atoms in total. The van der Waals surface area contributed by atoms with E-state index in [2.05, 4.69) is 30.9 Å². The van der Waals surface area contributed by atoms with Crippen LogP contribution in [0, 0.1) is 5.41 Å². The van der Waals surface area contributed by atoms with E-state index in [1.165, 1.54) is 37.2 Å². The van der Waals surface area contributed by atoms with Crippen molar-refractivity contribution in [3.8, 4) is 0 Å². The SMILES string of the molecule is CC1(C)CCSCC1NCC1CCCCO1. The van der Waals surface area contributed by atoms with Gasteiger partial charge in [-0.05, 0) is 36.9 Å². The van der Waals surface area contributed by atoms with Crippen molar-refractivity contribution in [1.29, 1.82) is 0 Å². The van der Waals surface area contributed by atoms with Gasteiger partial charge in [0.15, 0.2) is 0 Å². The second-order valence-corrected chi connectivity index (χ2v) is 6.91. The van der Waals surface area contributed by atoms with Crippen molar-refractivity contribution in [2.24, 2.45) is 5.41 Å². The molecule has 2 unspecified atom stereocenters. The third-order valence-electron chi connectivity index (χ3n) is 3.98. The Bertz CT molecular complexity index is 214. The maximum absolute atomic E-state index is 5.77. The number of thioether (sulfide) groups is 1. The van der Waals surface area contributed by atoms with E-state index in [0.29, 0.717) is 17.6 Å². The van der Waals surface area contributed by atoms with Crippen LogP contribution in [0.2, 0.25) is 0 Å². The molecule has 94 valence electrons. The van der Waals surface area contributed by atoms with E-state index < -0.39 is 0 Å². The first-order chi connectivity index (χ1) is 7.68. The van der Waals surface area contributed by atoms with Crippen LogP contribution in [0.3, 0.4) is 0 Å². The van der Waals surface area contributed by atoms with Gasteiger partial charge in [-0.3, -0.25) is 0 Å². The predicted molar refractivity (Wildman–Crippen MR) is 71.1 cm³/mol. The number of nitrogens with one attached hydrogen (secondary N) is 1. The first-order valence-corrected chi connectivity index (χ1v) is 7.77. The standard InChI is InChI=1S/C13H25NOS/c1-13(2)6-8-16-10-12(13)14-9-11-5-3-4-7-15-11/h11-12,14H,3-10H2,1-2H3. The molecule has 2 heterocycles. The summed E-state index contributed by atoms with van der Waals surface area (Å²) in [5.41, 5.74) is 0.458. The molecule has 1 N–H and O–H groups in total. The molecule has 2 atom stereocenters. The van der Waals surface area contributed by atoms with Crippen molar-refractivity contribution in [3.63, 3.8) is 0 Å². The van der Waals surface area contributed by atoms with Crippen LogP contribution in [0.25, 0.3) is 0 Å². The van der Waals surface area contributed by atoms with Gasteiger partial charge in [-0.15, -0.1) is 0 Å². The maximum atomic E-state index is 5.77. The Morgan fingerprint density at radius 1 is 1.38 bits per heavy atom. The Morgan fingerprint density at radius 2 is 2.25 bits per heavy atom. The Kier molecular flexibility index (Phi) is 4.57. The molecular formula is C13H25NOS. The molecule has 0 spiro atoms. The van der Waals surface area contributed by atoms with Crippen molar-refractivity contribution >= 4 is 11.8 Å². The molecule has 2 rings (SSSR count). The van der Waals surface area contributed by atoms with Gasteiger partial charge in [0.1, 0.15) is 0 Å². The molecule has 0 aromatic rings. The molecule has 0 aromatic carbocycles. The van der Waals surface area contributed by atoms with Gasteiger partial charge in [-0.1, -0.05) is 13.8 Å². The van der Waals surface area contributed by atoms with E-state index in [-0.39, 0.29) is 0 Å². The first kappa shape index (κ1) is 12.7. The summed E-state index contributed by atoms with van der Waals surface area (Å²) >= 11 is 2.09. The fraction of sp³-hybridized carbons (Fsp3) is 1.00. The molecule has 2 fully saturated rings. The second kappa shape index (κ2) is 5.74. The summed E-state index contributed by atoms with van der Waals surface area (Å²) in [6.07, 6.45) is 5.64. The molecular weight excluding hydrogens is 218 g/mol. The molecule has 0 radical (unpaired) electrons. The van der Waals surface area contributed by atoms with Gasteiger partial charge in [0.25, 0.3) is 0 Å². The molecule has 3 heteroatoms. The minimum absolute atomic E-state index is 0.458. The summed E-state index contributed by atoms with van der Waals surface area (Å²) in [5, 5.41) is 3.74. The van der Waals surface area contributed by atoms with E-state index in [1.54, 1.807) is 0 Å². The summed E-state index contributed by atoms with van der Waals surface area (Å²) in [6.45, 7) is 6.81. The number of hydrogen-bond acceptors (Lipinski definition) is 3.